The summed E-state index contributed by atoms with van der Waals surface area (Å²) >= 11 is 6.66. The van der Waals surface area contributed by atoms with Gasteiger partial charge in [-0.05, 0) is 49.4 Å². The van der Waals surface area contributed by atoms with E-state index in [4.69, 9.17) is 14.2 Å². The summed E-state index contributed by atoms with van der Waals surface area (Å²) in [4.78, 5) is 28.1. The smallest absolute Gasteiger partial charge is 0.338 e. The molecular weight excluding hydrogens is 611 g/mol. The van der Waals surface area contributed by atoms with E-state index in [2.05, 4.69) is 37.2 Å². The van der Waals surface area contributed by atoms with Crippen LogP contribution in [-0.2, 0) is 14.3 Å². The Kier molecular flexibility index (Phi) is 8.63. The van der Waals surface area contributed by atoms with Crippen molar-refractivity contribution in [1.29, 1.82) is 0 Å². The number of para-hydroxylation sites is 1. The molecule has 1 N–H and O–H groups in total. The summed E-state index contributed by atoms with van der Waals surface area (Å²) < 4.78 is 32.3. The quantitative estimate of drug-likeness (QED) is 0.216. The molecule has 3 aromatic carbocycles. The molecule has 0 saturated heterocycles. The maximum Gasteiger partial charge on any atom is 0.338 e. The van der Waals surface area contributed by atoms with Crippen molar-refractivity contribution in [2.24, 2.45) is 0 Å². The first-order chi connectivity index (χ1) is 17.8. The van der Waals surface area contributed by atoms with Crippen LogP contribution in [0.5, 0.6) is 11.5 Å². The van der Waals surface area contributed by atoms with E-state index in [0.29, 0.717) is 21.4 Å². The average molecular weight is 634 g/mol. The summed E-state index contributed by atoms with van der Waals surface area (Å²) in [5.74, 6) is -0.911. The van der Waals surface area contributed by atoms with E-state index in [-0.39, 0.29) is 30.3 Å². The molecule has 4 rings (SSSR count). The molecule has 2 amide bonds. The Morgan fingerprint density at radius 2 is 1.76 bits per heavy atom. The third kappa shape index (κ3) is 6.03. The van der Waals surface area contributed by atoms with Crippen LogP contribution < -0.4 is 15.0 Å². The van der Waals surface area contributed by atoms with Crippen molar-refractivity contribution in [2.75, 3.05) is 25.2 Å². The van der Waals surface area contributed by atoms with E-state index in [1.54, 1.807) is 55.5 Å². The molecule has 0 fully saturated rings. The Morgan fingerprint density at radius 3 is 2.49 bits per heavy atom. The molecule has 0 aliphatic carbocycles. The molecule has 7 nitrogen and oxygen atoms in total. The maximum atomic E-state index is 14.6. The highest BCUT2D eigenvalue weighted by atomic mass is 79.9. The van der Waals surface area contributed by atoms with E-state index in [0.717, 1.165) is 4.47 Å². The highest BCUT2D eigenvalue weighted by Crippen LogP contribution is 2.39. The number of nitrogens with zero attached hydrogens (tertiary/aromatic N) is 1. The highest BCUT2D eigenvalue weighted by molar-refractivity contribution is 9.10. The van der Waals surface area contributed by atoms with Gasteiger partial charge < -0.3 is 19.5 Å². The molecular formula is C27H23Br2FN2O5. The maximum absolute atomic E-state index is 14.6. The number of rotatable bonds is 8. The van der Waals surface area contributed by atoms with Crippen molar-refractivity contribution in [3.8, 4) is 11.5 Å². The van der Waals surface area contributed by atoms with Gasteiger partial charge in [0, 0.05) is 27.3 Å². The minimum Gasteiger partial charge on any atom is -0.460 e. The van der Waals surface area contributed by atoms with Gasteiger partial charge in [0.05, 0.1) is 23.9 Å². The monoisotopic (exact) mass is 632 g/mol. The summed E-state index contributed by atoms with van der Waals surface area (Å²) in [6, 6.07) is 17.1. The zero-order valence-corrected chi connectivity index (χ0v) is 23.1. The van der Waals surface area contributed by atoms with Crippen LogP contribution in [0, 0.1) is 5.82 Å². The SMILES string of the molecule is COCCOC(=O)C1=C(C)N(c2cccc(Br)c2)C(=O)NC1c1ccccc1Oc1ccc(Br)cc1F. The van der Waals surface area contributed by atoms with Crippen molar-refractivity contribution in [3.05, 3.63) is 98.3 Å². The largest absolute Gasteiger partial charge is 0.460 e. The van der Waals surface area contributed by atoms with Gasteiger partial charge in [-0.1, -0.05) is 56.1 Å². The number of hydrogen-bond donors (Lipinski definition) is 1. The van der Waals surface area contributed by atoms with Gasteiger partial charge in [0.15, 0.2) is 11.6 Å². The number of hydrogen-bond acceptors (Lipinski definition) is 5. The minimum atomic E-state index is -0.916. The first-order valence-corrected chi connectivity index (χ1v) is 12.8. The Hall–Kier alpha value is -3.21. The van der Waals surface area contributed by atoms with E-state index in [1.165, 1.54) is 24.1 Å². The predicted octanol–water partition coefficient (Wildman–Crippen LogP) is 6.88. The first kappa shape index (κ1) is 26.8. The zero-order chi connectivity index (χ0) is 26.5. The number of nitrogens with one attached hydrogen (secondary N) is 1. The van der Waals surface area contributed by atoms with Gasteiger partial charge in [0.1, 0.15) is 12.4 Å². The van der Waals surface area contributed by atoms with Crippen LogP contribution >= 0.6 is 31.9 Å². The molecule has 0 aromatic heterocycles. The molecule has 1 atom stereocenters. The average Bonchev–Trinajstić information content (AvgIpc) is 2.86. The molecule has 10 heteroatoms. The predicted molar refractivity (Wildman–Crippen MR) is 144 cm³/mol. The molecule has 3 aromatic rings. The lowest BCUT2D eigenvalue weighted by molar-refractivity contribution is -0.140. The first-order valence-electron chi connectivity index (χ1n) is 11.2. The van der Waals surface area contributed by atoms with Gasteiger partial charge in [-0.2, -0.15) is 0 Å². The lowest BCUT2D eigenvalue weighted by Gasteiger charge is -2.36. The second kappa shape index (κ2) is 11.9. The van der Waals surface area contributed by atoms with Gasteiger partial charge in [-0.25, -0.2) is 14.0 Å². The molecule has 0 radical (unpaired) electrons. The van der Waals surface area contributed by atoms with Crippen LogP contribution in [0.15, 0.2) is 86.9 Å². The van der Waals surface area contributed by atoms with Gasteiger partial charge in [-0.3, -0.25) is 4.90 Å². The fourth-order valence-electron chi connectivity index (χ4n) is 3.95. The van der Waals surface area contributed by atoms with E-state index in [1.807, 2.05) is 6.07 Å². The van der Waals surface area contributed by atoms with Crippen molar-refractivity contribution < 1.29 is 28.2 Å². The molecule has 1 unspecified atom stereocenters. The van der Waals surface area contributed by atoms with Crippen LogP contribution in [0.4, 0.5) is 14.9 Å². The van der Waals surface area contributed by atoms with Crippen molar-refractivity contribution in [3.63, 3.8) is 0 Å². The fraction of sp³-hybridized carbons (Fsp3) is 0.185. The van der Waals surface area contributed by atoms with Gasteiger partial charge in [-0.15, -0.1) is 0 Å². The molecule has 1 heterocycles. The van der Waals surface area contributed by atoms with Crippen molar-refractivity contribution in [2.45, 2.75) is 13.0 Å². The number of amides is 2. The summed E-state index contributed by atoms with van der Waals surface area (Å²) in [5.41, 5.74) is 1.62. The molecule has 1 aliphatic rings. The van der Waals surface area contributed by atoms with Gasteiger partial charge in [0.2, 0.25) is 0 Å². The molecule has 1 aliphatic heterocycles. The Balaban J connectivity index is 1.80. The van der Waals surface area contributed by atoms with Crippen LogP contribution in [0.25, 0.3) is 0 Å². The number of allylic oxidation sites excluding steroid dienone is 1. The number of benzene rings is 3. The number of halogens is 3. The second-order valence-corrected chi connectivity index (χ2v) is 9.87. The molecule has 37 heavy (non-hydrogen) atoms. The van der Waals surface area contributed by atoms with E-state index >= 15 is 0 Å². The topological polar surface area (TPSA) is 77.1 Å². The Morgan fingerprint density at radius 1 is 1.00 bits per heavy atom. The Labute approximate surface area is 230 Å². The van der Waals surface area contributed by atoms with Crippen LogP contribution in [0.3, 0.4) is 0 Å². The number of anilines is 1. The number of urea groups is 1. The number of ether oxygens (including phenoxy) is 3. The summed E-state index contributed by atoms with van der Waals surface area (Å²) in [6.07, 6.45) is 0. The van der Waals surface area contributed by atoms with E-state index in [9.17, 15) is 14.0 Å². The van der Waals surface area contributed by atoms with Crippen molar-refractivity contribution in [1.82, 2.24) is 5.32 Å². The summed E-state index contributed by atoms with van der Waals surface area (Å²) in [6.45, 7) is 1.93. The minimum absolute atomic E-state index is 0.00142. The number of esters is 1. The van der Waals surface area contributed by atoms with Gasteiger partial charge in [0.25, 0.3) is 0 Å². The second-order valence-electron chi connectivity index (χ2n) is 8.04. The molecule has 0 spiro atoms. The standard InChI is InChI=1S/C27H23Br2FN2O5/c1-16-24(26(33)36-13-12-35-2)25(31-27(34)32(16)19-7-5-6-17(28)14-19)20-8-3-4-9-22(20)37-23-11-10-18(29)15-21(23)30/h3-11,14-15,25H,12-13H2,1-2H3,(H,31,34). The third-order valence-electron chi connectivity index (χ3n) is 5.64. The molecule has 192 valence electrons. The number of carbonyl (C=O) groups is 2. The van der Waals surface area contributed by atoms with Gasteiger partial charge >= 0.3 is 12.0 Å². The van der Waals surface area contributed by atoms with Crippen LogP contribution in [-0.4, -0.2) is 32.3 Å². The highest BCUT2D eigenvalue weighted by Gasteiger charge is 2.38. The number of carbonyl (C=O) groups excluding carboxylic acids is 2. The van der Waals surface area contributed by atoms with Crippen LogP contribution in [0.2, 0.25) is 0 Å². The van der Waals surface area contributed by atoms with Crippen molar-refractivity contribution >= 4 is 49.5 Å². The lowest BCUT2D eigenvalue weighted by atomic mass is 9.94. The van der Waals surface area contributed by atoms with Crippen LogP contribution in [0.1, 0.15) is 18.5 Å². The number of methoxy groups -OCH3 is 1. The van der Waals surface area contributed by atoms with E-state index < -0.39 is 23.9 Å². The zero-order valence-electron chi connectivity index (χ0n) is 20.0. The third-order valence-corrected chi connectivity index (χ3v) is 6.62. The summed E-state index contributed by atoms with van der Waals surface area (Å²) in [5, 5.41) is 2.90. The fourth-order valence-corrected chi connectivity index (χ4v) is 4.67. The normalized spacial score (nSPS) is 15.4. The molecule has 0 saturated carbocycles. The summed E-state index contributed by atoms with van der Waals surface area (Å²) in [7, 11) is 1.51. The lowest BCUT2D eigenvalue weighted by Crippen LogP contribution is -2.48. The Bertz CT molecular complexity index is 1360. The molecule has 0 bridgehead atoms.